The molecule has 36 heavy (non-hydrogen) atoms. The Morgan fingerprint density at radius 1 is 1.06 bits per heavy atom. The van der Waals surface area contributed by atoms with E-state index in [0.717, 1.165) is 34.4 Å². The number of aryl methyl sites for hydroxylation is 1. The normalized spacial score (nSPS) is 11.5. The maximum atomic E-state index is 13.3. The predicted molar refractivity (Wildman–Crippen MR) is 139 cm³/mol. The van der Waals surface area contributed by atoms with Crippen molar-refractivity contribution in [3.8, 4) is 22.9 Å². The molecule has 0 radical (unpaired) electrons. The molecule has 2 heterocycles. The van der Waals surface area contributed by atoms with E-state index in [2.05, 4.69) is 26.8 Å². The molecule has 0 bridgehead atoms. The van der Waals surface area contributed by atoms with Gasteiger partial charge in [0.25, 0.3) is 0 Å². The van der Waals surface area contributed by atoms with Gasteiger partial charge in [-0.2, -0.15) is 10.4 Å². The summed E-state index contributed by atoms with van der Waals surface area (Å²) in [6.07, 6.45) is 6.21. The molecule has 1 unspecified atom stereocenters. The van der Waals surface area contributed by atoms with E-state index in [0.29, 0.717) is 24.5 Å². The Balaban J connectivity index is 1.41. The summed E-state index contributed by atoms with van der Waals surface area (Å²) in [6.45, 7) is 1.16. The van der Waals surface area contributed by atoms with Crippen molar-refractivity contribution in [2.75, 3.05) is 25.5 Å². The highest BCUT2D eigenvalue weighted by Crippen LogP contribution is 2.22. The van der Waals surface area contributed by atoms with Crippen LogP contribution in [0.3, 0.4) is 0 Å². The summed E-state index contributed by atoms with van der Waals surface area (Å²) in [5, 5.41) is 19.5. The lowest BCUT2D eigenvalue weighted by molar-refractivity contribution is -0.117. The van der Waals surface area contributed by atoms with Crippen molar-refractivity contribution < 1.29 is 9.53 Å². The predicted octanol–water partition coefficient (Wildman–Crippen LogP) is 3.92. The lowest BCUT2D eigenvalue weighted by Gasteiger charge is -2.18. The first-order valence-corrected chi connectivity index (χ1v) is 11.7. The fourth-order valence-corrected chi connectivity index (χ4v) is 3.85. The summed E-state index contributed by atoms with van der Waals surface area (Å²) in [5.41, 5.74) is 4.55. The molecular formula is C28H28N6O2. The Bertz CT molecular complexity index is 1320. The molecule has 1 atom stereocenters. The van der Waals surface area contributed by atoms with Crippen LogP contribution in [0.4, 0.5) is 5.82 Å². The summed E-state index contributed by atoms with van der Waals surface area (Å²) in [6, 6.07) is 20.9. The van der Waals surface area contributed by atoms with Gasteiger partial charge in [-0.1, -0.05) is 24.3 Å². The first-order chi connectivity index (χ1) is 17.6. The van der Waals surface area contributed by atoms with Gasteiger partial charge in [0.15, 0.2) is 0 Å². The highest BCUT2D eigenvalue weighted by molar-refractivity contribution is 5.95. The van der Waals surface area contributed by atoms with Gasteiger partial charge >= 0.3 is 0 Å². The second kappa shape index (κ2) is 11.8. The molecule has 4 rings (SSSR count). The average molecular weight is 481 g/mol. The maximum Gasteiger partial charge on any atom is 0.234 e. The van der Waals surface area contributed by atoms with Crippen LogP contribution < -0.4 is 15.4 Å². The molecular weight excluding hydrogens is 452 g/mol. The Morgan fingerprint density at radius 2 is 1.83 bits per heavy atom. The number of aromatic nitrogens is 3. The number of nitrogens with zero attached hydrogens (tertiary/aromatic N) is 4. The summed E-state index contributed by atoms with van der Waals surface area (Å²) in [5.74, 6) is 0.660. The smallest absolute Gasteiger partial charge is 0.234 e. The monoisotopic (exact) mass is 480 g/mol. The molecule has 0 saturated carbocycles. The molecule has 2 N–H and O–H groups in total. The zero-order valence-corrected chi connectivity index (χ0v) is 20.3. The third kappa shape index (κ3) is 6.34. The van der Waals surface area contributed by atoms with Crippen LogP contribution in [0, 0.1) is 11.3 Å². The molecule has 0 aliphatic carbocycles. The summed E-state index contributed by atoms with van der Waals surface area (Å²) in [4.78, 5) is 17.7. The molecule has 2 aromatic heterocycles. The maximum absolute atomic E-state index is 13.3. The van der Waals surface area contributed by atoms with Crippen molar-refractivity contribution in [3.63, 3.8) is 0 Å². The van der Waals surface area contributed by atoms with Crippen LogP contribution in [0.25, 0.3) is 11.1 Å². The van der Waals surface area contributed by atoms with Gasteiger partial charge in [0.05, 0.1) is 30.9 Å². The second-order valence-corrected chi connectivity index (χ2v) is 8.41. The fourth-order valence-electron chi connectivity index (χ4n) is 3.85. The number of methoxy groups -OCH3 is 1. The van der Waals surface area contributed by atoms with E-state index in [1.54, 1.807) is 30.3 Å². The van der Waals surface area contributed by atoms with Gasteiger partial charge in [0.1, 0.15) is 11.6 Å². The highest BCUT2D eigenvalue weighted by atomic mass is 16.5. The Kier molecular flexibility index (Phi) is 8.06. The molecule has 8 heteroatoms. The number of pyridine rings is 1. The number of hydrogen-bond donors (Lipinski definition) is 2. The summed E-state index contributed by atoms with van der Waals surface area (Å²) in [7, 11) is 3.48. The van der Waals surface area contributed by atoms with E-state index < -0.39 is 5.92 Å². The van der Waals surface area contributed by atoms with E-state index >= 15 is 0 Å². The van der Waals surface area contributed by atoms with Gasteiger partial charge in [-0.05, 0) is 60.5 Å². The molecule has 182 valence electrons. The van der Waals surface area contributed by atoms with Crippen LogP contribution in [-0.2, 0) is 18.3 Å². The molecule has 0 aliphatic rings. The zero-order chi connectivity index (χ0) is 25.3. The molecule has 1 amide bonds. The van der Waals surface area contributed by atoms with Gasteiger partial charge in [0.2, 0.25) is 5.91 Å². The Morgan fingerprint density at radius 3 is 2.44 bits per heavy atom. The first-order valence-electron chi connectivity index (χ1n) is 11.7. The number of amides is 1. The van der Waals surface area contributed by atoms with Crippen molar-refractivity contribution in [2.24, 2.45) is 7.05 Å². The van der Waals surface area contributed by atoms with Crippen LogP contribution in [0.5, 0.6) is 5.75 Å². The number of carbonyl (C=O) groups excluding carboxylic acids is 1. The summed E-state index contributed by atoms with van der Waals surface area (Å²) < 4.78 is 7.00. The van der Waals surface area contributed by atoms with Crippen molar-refractivity contribution in [2.45, 2.75) is 12.3 Å². The van der Waals surface area contributed by atoms with E-state index in [-0.39, 0.29) is 5.91 Å². The van der Waals surface area contributed by atoms with Gasteiger partial charge in [-0.15, -0.1) is 0 Å². The number of ether oxygens (including phenoxy) is 1. The van der Waals surface area contributed by atoms with Gasteiger partial charge in [-0.3, -0.25) is 9.48 Å². The van der Waals surface area contributed by atoms with Crippen LogP contribution in [0.2, 0.25) is 0 Å². The number of rotatable bonds is 10. The van der Waals surface area contributed by atoms with E-state index in [1.165, 1.54) is 0 Å². The van der Waals surface area contributed by atoms with Gasteiger partial charge in [0, 0.05) is 37.1 Å². The highest BCUT2D eigenvalue weighted by Gasteiger charge is 2.21. The SMILES string of the molecule is COc1ccc(C(CNCCc2ccc(C#N)cc2)C(=O)Nc2ccc(-c3cnn(C)c3)cn2)cc1. The van der Waals surface area contributed by atoms with Gasteiger partial charge in [-0.25, -0.2) is 4.98 Å². The Hall–Kier alpha value is -4.48. The molecule has 4 aromatic rings. The number of anilines is 1. The van der Waals surface area contributed by atoms with E-state index in [1.807, 2.05) is 67.8 Å². The molecule has 0 fully saturated rings. The topological polar surface area (TPSA) is 105 Å². The van der Waals surface area contributed by atoms with Crippen molar-refractivity contribution in [1.29, 1.82) is 5.26 Å². The van der Waals surface area contributed by atoms with Crippen LogP contribution in [-0.4, -0.2) is 40.9 Å². The second-order valence-electron chi connectivity index (χ2n) is 8.41. The standard InChI is InChI=1S/C28H28N6O2/c1-34-19-24(17-32-34)23-9-12-27(31-16-23)33-28(35)26(22-7-10-25(36-2)11-8-22)18-30-14-13-20-3-5-21(15-29)6-4-20/h3-12,16-17,19,26,30H,13-14,18H2,1-2H3,(H,31,33,35). The average Bonchev–Trinajstić information content (AvgIpc) is 3.35. The third-order valence-electron chi connectivity index (χ3n) is 5.91. The fraction of sp³-hybridized carbons (Fsp3) is 0.214. The number of nitriles is 1. The van der Waals surface area contributed by atoms with E-state index in [4.69, 9.17) is 10.00 Å². The lowest BCUT2D eigenvalue weighted by atomic mass is 9.97. The largest absolute Gasteiger partial charge is 0.497 e. The number of benzene rings is 2. The number of hydrogen-bond acceptors (Lipinski definition) is 6. The number of carbonyl (C=O) groups is 1. The minimum absolute atomic E-state index is 0.146. The van der Waals surface area contributed by atoms with Gasteiger partial charge < -0.3 is 15.4 Å². The molecule has 0 saturated heterocycles. The Labute approximate surface area is 210 Å². The van der Waals surface area contributed by atoms with Crippen molar-refractivity contribution in [1.82, 2.24) is 20.1 Å². The van der Waals surface area contributed by atoms with Crippen molar-refractivity contribution in [3.05, 3.63) is 95.9 Å². The zero-order valence-electron chi connectivity index (χ0n) is 20.3. The summed E-state index contributed by atoms with van der Waals surface area (Å²) >= 11 is 0. The minimum atomic E-state index is -0.420. The third-order valence-corrected chi connectivity index (χ3v) is 5.91. The van der Waals surface area contributed by atoms with Crippen LogP contribution >= 0.6 is 0 Å². The minimum Gasteiger partial charge on any atom is -0.497 e. The van der Waals surface area contributed by atoms with Crippen LogP contribution in [0.1, 0.15) is 22.6 Å². The molecule has 2 aromatic carbocycles. The lowest BCUT2D eigenvalue weighted by Crippen LogP contribution is -2.32. The van der Waals surface area contributed by atoms with Crippen molar-refractivity contribution >= 4 is 11.7 Å². The van der Waals surface area contributed by atoms with E-state index in [9.17, 15) is 4.79 Å². The number of nitrogens with one attached hydrogen (secondary N) is 2. The molecule has 0 aliphatic heterocycles. The quantitative estimate of drug-likeness (QED) is 0.334. The molecule has 0 spiro atoms. The molecule has 8 nitrogen and oxygen atoms in total. The first kappa shape index (κ1) is 24.6. The van der Waals surface area contributed by atoms with Crippen LogP contribution in [0.15, 0.2) is 79.3 Å².